The van der Waals surface area contributed by atoms with E-state index in [0.717, 1.165) is 0 Å². The molecule has 0 aliphatic rings. The molecule has 0 amide bonds. The molecule has 6 nitrogen and oxygen atoms in total. The zero-order valence-electron chi connectivity index (χ0n) is 15.3. The van der Waals surface area contributed by atoms with Gasteiger partial charge in [-0.2, -0.15) is 4.98 Å². The number of benzene rings is 2. The van der Waals surface area contributed by atoms with Gasteiger partial charge in [0.05, 0.1) is 27.2 Å². The molecule has 0 spiro atoms. The highest BCUT2D eigenvalue weighted by atomic mass is 35.5. The smallest absolute Gasteiger partial charge is 0.275 e. The molecule has 0 bridgehead atoms. The Morgan fingerprint density at radius 3 is 2.69 bits per heavy atom. The van der Waals surface area contributed by atoms with Crippen molar-refractivity contribution in [2.75, 3.05) is 0 Å². The summed E-state index contributed by atoms with van der Waals surface area (Å²) >= 11 is 12.5. The van der Waals surface area contributed by atoms with Crippen LogP contribution in [-0.2, 0) is 0 Å². The first-order chi connectivity index (χ1) is 13.9. The van der Waals surface area contributed by atoms with Crippen LogP contribution in [0, 0.1) is 5.82 Å². The van der Waals surface area contributed by atoms with Crippen molar-refractivity contribution in [3.05, 3.63) is 58.0 Å². The van der Waals surface area contributed by atoms with Crippen molar-refractivity contribution in [1.82, 2.24) is 14.7 Å². The van der Waals surface area contributed by atoms with Crippen LogP contribution in [0.5, 0.6) is 5.75 Å². The van der Waals surface area contributed by atoms with Gasteiger partial charge in [0.25, 0.3) is 11.8 Å². The van der Waals surface area contributed by atoms with Crippen molar-refractivity contribution in [1.29, 1.82) is 0 Å². The quantitative estimate of drug-likeness (QED) is 0.376. The number of nitrogens with zero attached hydrogens (tertiary/aromatic N) is 3. The minimum absolute atomic E-state index is 0.0137. The number of hydrogen-bond donors (Lipinski definition) is 0. The van der Waals surface area contributed by atoms with Gasteiger partial charge in [0, 0.05) is 17.1 Å². The van der Waals surface area contributed by atoms with Gasteiger partial charge in [0.2, 0.25) is 0 Å². The van der Waals surface area contributed by atoms with Gasteiger partial charge in [0.1, 0.15) is 11.6 Å². The Bertz CT molecular complexity index is 1230. The monoisotopic (exact) mass is 433 g/mol. The number of carbonyl (C=O) groups is 1. The third kappa shape index (κ3) is 3.59. The van der Waals surface area contributed by atoms with Crippen LogP contribution in [0.25, 0.3) is 28.3 Å². The fourth-order valence-electron chi connectivity index (χ4n) is 2.89. The predicted octanol–water partition coefficient (Wildman–Crippen LogP) is 5.73. The van der Waals surface area contributed by atoms with Gasteiger partial charge >= 0.3 is 0 Å². The van der Waals surface area contributed by atoms with Crippen molar-refractivity contribution < 1.29 is 18.4 Å². The van der Waals surface area contributed by atoms with Crippen molar-refractivity contribution in [3.63, 3.8) is 0 Å². The molecule has 0 unspecified atom stereocenters. The van der Waals surface area contributed by atoms with E-state index >= 15 is 0 Å². The molecule has 9 heteroatoms. The molecule has 2 aromatic heterocycles. The molecule has 2 heterocycles. The van der Waals surface area contributed by atoms with E-state index in [1.807, 2.05) is 13.8 Å². The van der Waals surface area contributed by atoms with Crippen molar-refractivity contribution in [2.24, 2.45) is 0 Å². The summed E-state index contributed by atoms with van der Waals surface area (Å²) in [5.41, 5.74) is 0.926. The highest BCUT2D eigenvalue weighted by molar-refractivity contribution is 6.35. The maximum absolute atomic E-state index is 14.1. The lowest BCUT2D eigenvalue weighted by Gasteiger charge is -2.11. The first-order valence-electron chi connectivity index (χ1n) is 8.63. The van der Waals surface area contributed by atoms with Crippen LogP contribution >= 0.6 is 23.2 Å². The summed E-state index contributed by atoms with van der Waals surface area (Å²) in [6.07, 6.45) is 1.95. The molecule has 0 saturated carbocycles. The number of aromatic nitrogens is 3. The minimum atomic E-state index is -0.667. The summed E-state index contributed by atoms with van der Waals surface area (Å²) in [5, 5.41) is 5.19. The molecule has 0 radical (unpaired) electrons. The third-order valence-electron chi connectivity index (χ3n) is 4.17. The molecule has 0 fully saturated rings. The van der Waals surface area contributed by atoms with E-state index in [4.69, 9.17) is 32.5 Å². The van der Waals surface area contributed by atoms with Gasteiger partial charge in [-0.15, -0.1) is 0 Å². The number of aldehydes is 1. The van der Waals surface area contributed by atoms with Crippen LogP contribution in [0.15, 0.2) is 41.1 Å². The summed E-state index contributed by atoms with van der Waals surface area (Å²) in [5.74, 6) is 0.268. The lowest BCUT2D eigenvalue weighted by molar-refractivity contribution is 0.112. The highest BCUT2D eigenvalue weighted by Crippen LogP contribution is 2.32. The van der Waals surface area contributed by atoms with Crippen LogP contribution in [0.3, 0.4) is 0 Å². The molecule has 29 heavy (non-hydrogen) atoms. The van der Waals surface area contributed by atoms with Crippen LogP contribution < -0.4 is 4.74 Å². The number of hydrogen-bond acceptors (Lipinski definition) is 5. The molecule has 0 aliphatic heterocycles. The first kappa shape index (κ1) is 19.4. The van der Waals surface area contributed by atoms with Crippen LogP contribution in [-0.4, -0.2) is 27.1 Å². The van der Waals surface area contributed by atoms with Gasteiger partial charge < -0.3 is 9.26 Å². The summed E-state index contributed by atoms with van der Waals surface area (Å²) in [6.45, 7) is 3.81. The van der Waals surface area contributed by atoms with E-state index in [9.17, 15) is 9.18 Å². The maximum Gasteiger partial charge on any atom is 0.275 e. The standard InChI is InChI=1S/C20H14Cl2FN3O3/c1-10(2)28-18-4-3-11(6-14(18)21)19-24-20(25-29-19)26-8-15(22)13-5-12(9-27)16(23)7-17(13)26/h3-10H,1-2H3. The number of carbonyl (C=O) groups excluding carboxylic acids is 1. The second kappa shape index (κ2) is 7.50. The largest absolute Gasteiger partial charge is 0.489 e. The highest BCUT2D eigenvalue weighted by Gasteiger charge is 2.18. The van der Waals surface area contributed by atoms with Gasteiger partial charge in [-0.05, 0) is 49.3 Å². The predicted molar refractivity (Wildman–Crippen MR) is 108 cm³/mol. The fraction of sp³-hybridized carbons (Fsp3) is 0.150. The fourth-order valence-corrected chi connectivity index (χ4v) is 3.37. The molecule has 148 valence electrons. The van der Waals surface area contributed by atoms with E-state index in [1.54, 1.807) is 18.2 Å². The molecule has 0 aliphatic carbocycles. The Hall–Kier alpha value is -2.90. The Kier molecular flexibility index (Phi) is 5.02. The second-order valence-electron chi connectivity index (χ2n) is 6.57. The average molecular weight is 434 g/mol. The molecule has 4 rings (SSSR count). The Balaban J connectivity index is 1.74. The maximum atomic E-state index is 14.1. The summed E-state index contributed by atoms with van der Waals surface area (Å²) in [6, 6.07) is 7.71. The molecule has 0 saturated heterocycles. The van der Waals surface area contributed by atoms with Gasteiger partial charge in [-0.1, -0.05) is 23.2 Å². The Morgan fingerprint density at radius 1 is 1.21 bits per heavy atom. The second-order valence-corrected chi connectivity index (χ2v) is 7.38. The molecule has 0 atom stereocenters. The number of ether oxygens (including phenoxy) is 1. The summed E-state index contributed by atoms with van der Waals surface area (Å²) in [7, 11) is 0. The van der Waals surface area contributed by atoms with E-state index < -0.39 is 5.82 Å². The van der Waals surface area contributed by atoms with E-state index in [1.165, 1.54) is 22.9 Å². The zero-order chi connectivity index (χ0) is 20.7. The first-order valence-corrected chi connectivity index (χ1v) is 9.39. The van der Waals surface area contributed by atoms with Crippen LogP contribution in [0.4, 0.5) is 4.39 Å². The topological polar surface area (TPSA) is 70.2 Å². The van der Waals surface area contributed by atoms with E-state index in [0.29, 0.717) is 38.5 Å². The summed E-state index contributed by atoms with van der Waals surface area (Å²) < 4.78 is 26.5. The van der Waals surface area contributed by atoms with Gasteiger partial charge in [-0.3, -0.25) is 9.36 Å². The zero-order valence-corrected chi connectivity index (χ0v) is 16.8. The molecule has 0 N–H and O–H groups in total. The number of rotatable bonds is 5. The van der Waals surface area contributed by atoms with Gasteiger partial charge in [-0.25, -0.2) is 4.39 Å². The minimum Gasteiger partial charge on any atom is -0.489 e. The normalized spacial score (nSPS) is 11.4. The summed E-state index contributed by atoms with van der Waals surface area (Å²) in [4.78, 5) is 15.3. The van der Waals surface area contributed by atoms with Crippen molar-refractivity contribution >= 4 is 40.4 Å². The average Bonchev–Trinajstić information content (AvgIpc) is 3.27. The number of fused-ring (bicyclic) bond motifs is 1. The molecular formula is C20H14Cl2FN3O3. The lowest BCUT2D eigenvalue weighted by atomic mass is 10.1. The molecular weight excluding hydrogens is 420 g/mol. The van der Waals surface area contributed by atoms with Gasteiger partial charge in [0.15, 0.2) is 6.29 Å². The van der Waals surface area contributed by atoms with Crippen molar-refractivity contribution in [2.45, 2.75) is 20.0 Å². The Morgan fingerprint density at radius 2 is 2.00 bits per heavy atom. The lowest BCUT2D eigenvalue weighted by Crippen LogP contribution is -2.05. The van der Waals surface area contributed by atoms with E-state index in [-0.39, 0.29) is 23.5 Å². The number of halogens is 3. The van der Waals surface area contributed by atoms with E-state index in [2.05, 4.69) is 10.1 Å². The van der Waals surface area contributed by atoms with Crippen molar-refractivity contribution in [3.8, 4) is 23.2 Å². The van der Waals surface area contributed by atoms with Crippen LogP contribution in [0.2, 0.25) is 10.0 Å². The Labute approximate surface area is 174 Å². The third-order valence-corrected chi connectivity index (χ3v) is 4.77. The molecule has 2 aromatic carbocycles. The van der Waals surface area contributed by atoms with Crippen LogP contribution in [0.1, 0.15) is 24.2 Å². The SMILES string of the molecule is CC(C)Oc1ccc(-c2nc(-n3cc(Cl)c4cc(C=O)c(F)cc43)no2)cc1Cl. The molecule has 4 aromatic rings.